The van der Waals surface area contributed by atoms with Gasteiger partial charge in [0.25, 0.3) is 0 Å². The standard InChI is InChI=1S/C10H17NO2S/c1-14-6-4-2-3-5-11-8-9(12)7-10(11)13/h2-8H2,1H3. The SMILES string of the molecule is CSCCCCCN1CC(=O)CC1=O. The first-order chi connectivity index (χ1) is 6.74. The number of nitrogens with zero attached hydrogens (tertiary/aromatic N) is 1. The molecule has 0 aromatic carbocycles. The van der Waals surface area contributed by atoms with Crippen LogP contribution < -0.4 is 0 Å². The number of carbonyl (C=O) groups excluding carboxylic acids is 2. The van der Waals surface area contributed by atoms with Crippen LogP contribution in [0.15, 0.2) is 0 Å². The number of Topliss-reactive ketones (excluding diaryl/α,β-unsaturated/α-hetero) is 1. The Hall–Kier alpha value is -0.510. The van der Waals surface area contributed by atoms with E-state index in [1.807, 2.05) is 11.8 Å². The lowest BCUT2D eigenvalue weighted by molar-refractivity contribution is -0.127. The van der Waals surface area contributed by atoms with Gasteiger partial charge in [0.1, 0.15) is 0 Å². The number of rotatable bonds is 6. The van der Waals surface area contributed by atoms with Crippen molar-refractivity contribution in [3.8, 4) is 0 Å². The van der Waals surface area contributed by atoms with Gasteiger partial charge in [-0.15, -0.1) is 0 Å². The van der Waals surface area contributed by atoms with E-state index >= 15 is 0 Å². The van der Waals surface area contributed by atoms with Crippen molar-refractivity contribution in [2.24, 2.45) is 0 Å². The third kappa shape index (κ3) is 3.70. The van der Waals surface area contributed by atoms with Crippen LogP contribution in [0.3, 0.4) is 0 Å². The van der Waals surface area contributed by atoms with Crippen LogP contribution in [0.1, 0.15) is 25.7 Å². The lowest BCUT2D eigenvalue weighted by atomic mass is 10.2. The summed E-state index contributed by atoms with van der Waals surface area (Å²) in [4.78, 5) is 23.8. The highest BCUT2D eigenvalue weighted by Gasteiger charge is 2.26. The van der Waals surface area contributed by atoms with Gasteiger partial charge in [-0.25, -0.2) is 0 Å². The Morgan fingerprint density at radius 3 is 2.64 bits per heavy atom. The van der Waals surface area contributed by atoms with E-state index < -0.39 is 0 Å². The number of hydrogen-bond donors (Lipinski definition) is 0. The number of ketones is 1. The molecule has 4 heteroatoms. The second-order valence-corrected chi connectivity index (χ2v) is 4.57. The van der Waals surface area contributed by atoms with E-state index in [4.69, 9.17) is 0 Å². The van der Waals surface area contributed by atoms with Crippen molar-refractivity contribution in [1.29, 1.82) is 0 Å². The maximum atomic E-state index is 11.2. The summed E-state index contributed by atoms with van der Waals surface area (Å²) in [5.74, 6) is 1.27. The van der Waals surface area contributed by atoms with E-state index in [9.17, 15) is 9.59 Å². The van der Waals surface area contributed by atoms with Crippen LogP contribution in [0, 0.1) is 0 Å². The zero-order chi connectivity index (χ0) is 10.4. The van der Waals surface area contributed by atoms with Gasteiger partial charge in [-0.2, -0.15) is 11.8 Å². The fourth-order valence-corrected chi connectivity index (χ4v) is 2.06. The summed E-state index contributed by atoms with van der Waals surface area (Å²) in [6.07, 6.45) is 5.61. The van der Waals surface area contributed by atoms with Gasteiger partial charge in [0.05, 0.1) is 13.0 Å². The molecular weight excluding hydrogens is 198 g/mol. The number of amides is 1. The lowest BCUT2D eigenvalue weighted by Gasteiger charge is -2.13. The quantitative estimate of drug-likeness (QED) is 0.495. The molecule has 1 fully saturated rings. The molecule has 0 saturated carbocycles. The summed E-state index contributed by atoms with van der Waals surface area (Å²) < 4.78 is 0. The first kappa shape index (κ1) is 11.6. The van der Waals surface area contributed by atoms with E-state index in [0.29, 0.717) is 6.54 Å². The van der Waals surface area contributed by atoms with E-state index in [2.05, 4.69) is 6.26 Å². The molecular formula is C10H17NO2S. The van der Waals surface area contributed by atoms with Crippen LogP contribution in [0.25, 0.3) is 0 Å². The Kier molecular flexibility index (Phi) is 5.01. The van der Waals surface area contributed by atoms with Crippen LogP contribution in [0.5, 0.6) is 0 Å². The highest BCUT2D eigenvalue weighted by molar-refractivity contribution is 7.98. The molecule has 80 valence electrons. The van der Waals surface area contributed by atoms with Crippen LogP contribution in [0.4, 0.5) is 0 Å². The Morgan fingerprint density at radius 2 is 2.07 bits per heavy atom. The molecule has 0 spiro atoms. The maximum Gasteiger partial charge on any atom is 0.230 e. The van der Waals surface area contributed by atoms with Gasteiger partial charge in [0.2, 0.25) is 5.91 Å². The molecule has 0 unspecified atom stereocenters. The highest BCUT2D eigenvalue weighted by atomic mass is 32.2. The minimum atomic E-state index is 0.0138. The molecule has 1 saturated heterocycles. The van der Waals surface area contributed by atoms with Gasteiger partial charge in [-0.1, -0.05) is 6.42 Å². The Balaban J connectivity index is 2.07. The van der Waals surface area contributed by atoms with Gasteiger partial charge in [0.15, 0.2) is 5.78 Å². The molecule has 0 aliphatic carbocycles. The molecule has 1 amide bonds. The third-order valence-electron chi connectivity index (χ3n) is 2.34. The molecule has 0 N–H and O–H groups in total. The Bertz CT molecular complexity index is 218. The average molecular weight is 215 g/mol. The van der Waals surface area contributed by atoms with Crippen molar-refractivity contribution in [2.45, 2.75) is 25.7 Å². The summed E-state index contributed by atoms with van der Waals surface area (Å²) in [6.45, 7) is 1.11. The molecule has 0 aromatic rings. The zero-order valence-corrected chi connectivity index (χ0v) is 9.44. The number of thioether (sulfide) groups is 1. The van der Waals surface area contributed by atoms with Gasteiger partial charge in [-0.05, 0) is 24.9 Å². The van der Waals surface area contributed by atoms with Crippen LogP contribution in [-0.2, 0) is 9.59 Å². The van der Waals surface area contributed by atoms with Crippen molar-refractivity contribution in [2.75, 3.05) is 25.1 Å². The van der Waals surface area contributed by atoms with E-state index in [1.54, 1.807) is 4.90 Å². The summed E-state index contributed by atoms with van der Waals surface area (Å²) in [5, 5.41) is 0. The normalized spacial score (nSPS) is 16.8. The summed E-state index contributed by atoms with van der Waals surface area (Å²) in [7, 11) is 0. The molecule has 1 aliphatic heterocycles. The summed E-state index contributed by atoms with van der Waals surface area (Å²) in [6, 6.07) is 0. The largest absolute Gasteiger partial charge is 0.335 e. The molecule has 0 aromatic heterocycles. The summed E-state index contributed by atoms with van der Waals surface area (Å²) in [5.41, 5.74) is 0. The maximum absolute atomic E-state index is 11.2. The lowest BCUT2D eigenvalue weighted by Crippen LogP contribution is -2.26. The van der Waals surface area contributed by atoms with E-state index in [-0.39, 0.29) is 18.1 Å². The van der Waals surface area contributed by atoms with Gasteiger partial charge >= 0.3 is 0 Å². The smallest absolute Gasteiger partial charge is 0.230 e. The van der Waals surface area contributed by atoms with Crippen molar-refractivity contribution in [1.82, 2.24) is 4.90 Å². The molecule has 0 atom stereocenters. The van der Waals surface area contributed by atoms with Crippen molar-refractivity contribution < 1.29 is 9.59 Å². The monoisotopic (exact) mass is 215 g/mol. The van der Waals surface area contributed by atoms with Crippen LogP contribution >= 0.6 is 11.8 Å². The van der Waals surface area contributed by atoms with Crippen molar-refractivity contribution >= 4 is 23.5 Å². The fourth-order valence-electron chi connectivity index (χ4n) is 1.57. The summed E-state index contributed by atoms with van der Waals surface area (Å²) >= 11 is 1.85. The molecule has 14 heavy (non-hydrogen) atoms. The fraction of sp³-hybridized carbons (Fsp3) is 0.800. The number of unbranched alkanes of at least 4 members (excludes halogenated alkanes) is 2. The molecule has 1 aliphatic rings. The van der Waals surface area contributed by atoms with E-state index in [1.165, 1.54) is 12.2 Å². The van der Waals surface area contributed by atoms with Crippen LogP contribution in [0.2, 0.25) is 0 Å². The van der Waals surface area contributed by atoms with Crippen LogP contribution in [-0.4, -0.2) is 41.7 Å². The Morgan fingerprint density at radius 1 is 1.29 bits per heavy atom. The molecule has 0 bridgehead atoms. The highest BCUT2D eigenvalue weighted by Crippen LogP contribution is 2.09. The van der Waals surface area contributed by atoms with Gasteiger partial charge < -0.3 is 4.90 Å². The zero-order valence-electron chi connectivity index (χ0n) is 8.62. The molecule has 1 heterocycles. The third-order valence-corrected chi connectivity index (χ3v) is 3.04. The minimum Gasteiger partial charge on any atom is -0.335 e. The average Bonchev–Trinajstić information content (AvgIpc) is 2.45. The predicted octanol–water partition coefficient (Wildman–Crippen LogP) is 1.32. The second-order valence-electron chi connectivity index (χ2n) is 3.58. The number of hydrogen-bond acceptors (Lipinski definition) is 3. The predicted molar refractivity (Wildman–Crippen MR) is 58.4 cm³/mol. The second kappa shape index (κ2) is 6.06. The topological polar surface area (TPSA) is 37.4 Å². The minimum absolute atomic E-state index is 0.0138. The number of likely N-dealkylation sites (tertiary alicyclic amines) is 1. The van der Waals surface area contributed by atoms with Crippen molar-refractivity contribution in [3.05, 3.63) is 0 Å². The molecule has 1 rings (SSSR count). The molecule has 3 nitrogen and oxygen atoms in total. The van der Waals surface area contributed by atoms with Gasteiger partial charge in [0, 0.05) is 6.54 Å². The van der Waals surface area contributed by atoms with Gasteiger partial charge in [-0.3, -0.25) is 9.59 Å². The number of carbonyl (C=O) groups is 2. The first-order valence-corrected chi connectivity index (χ1v) is 6.42. The van der Waals surface area contributed by atoms with E-state index in [0.717, 1.165) is 19.4 Å². The Labute approximate surface area is 89.2 Å². The first-order valence-electron chi connectivity index (χ1n) is 5.02. The molecule has 0 radical (unpaired) electrons. The van der Waals surface area contributed by atoms with Crippen molar-refractivity contribution in [3.63, 3.8) is 0 Å².